The van der Waals surface area contributed by atoms with Crippen molar-refractivity contribution in [3.63, 3.8) is 0 Å². The zero-order valence-electron chi connectivity index (χ0n) is 7.69. The van der Waals surface area contributed by atoms with Crippen LogP contribution in [-0.4, -0.2) is 12.0 Å². The molecule has 2 N–H and O–H groups in total. The summed E-state index contributed by atoms with van der Waals surface area (Å²) in [4.78, 5) is 0. The van der Waals surface area contributed by atoms with Crippen LogP contribution >= 0.6 is 0 Å². The minimum absolute atomic E-state index is 0.0174. The quantitative estimate of drug-likeness (QED) is 0.654. The van der Waals surface area contributed by atoms with Crippen molar-refractivity contribution < 1.29 is 8.78 Å². The van der Waals surface area contributed by atoms with Gasteiger partial charge in [-0.2, -0.15) is 0 Å². The predicted octanol–water partition coefficient (Wildman–Crippen LogP) is 2.41. The van der Waals surface area contributed by atoms with Gasteiger partial charge < -0.3 is 5.73 Å². The van der Waals surface area contributed by atoms with Crippen molar-refractivity contribution in [1.82, 2.24) is 0 Å². The van der Waals surface area contributed by atoms with E-state index in [-0.39, 0.29) is 18.4 Å². The molecule has 72 valence electrons. The van der Waals surface area contributed by atoms with E-state index in [1.807, 2.05) is 13.8 Å². The van der Waals surface area contributed by atoms with Gasteiger partial charge in [-0.3, -0.25) is 0 Å². The second kappa shape index (κ2) is 3.29. The number of hydrogen-bond acceptors (Lipinski definition) is 1. The van der Waals surface area contributed by atoms with Gasteiger partial charge in [-0.15, -0.1) is 0 Å². The van der Waals surface area contributed by atoms with E-state index >= 15 is 0 Å². The number of alkyl halides is 2. The lowest BCUT2D eigenvalue weighted by Crippen LogP contribution is -2.48. The average Bonchev–Trinajstić information content (AvgIpc) is 1.82. The first-order valence-electron chi connectivity index (χ1n) is 4.58. The topological polar surface area (TPSA) is 26.0 Å². The molecule has 2 atom stereocenters. The number of hydrogen-bond donors (Lipinski definition) is 1. The number of rotatable bonds is 1. The van der Waals surface area contributed by atoms with Gasteiger partial charge in [0.2, 0.25) is 0 Å². The zero-order valence-corrected chi connectivity index (χ0v) is 7.69. The fourth-order valence-corrected chi connectivity index (χ4v) is 2.21. The lowest BCUT2D eigenvalue weighted by molar-refractivity contribution is -0.109. The Bertz CT molecular complexity index is 157. The van der Waals surface area contributed by atoms with Crippen LogP contribution in [0.15, 0.2) is 0 Å². The van der Waals surface area contributed by atoms with Gasteiger partial charge in [-0.25, -0.2) is 8.78 Å². The van der Waals surface area contributed by atoms with Crippen LogP contribution in [0.1, 0.15) is 33.1 Å². The molecule has 0 heterocycles. The number of nitrogens with two attached hydrogens (primary N) is 1. The molecule has 0 aromatic heterocycles. The molecule has 0 spiro atoms. The highest BCUT2D eigenvalue weighted by molar-refractivity contribution is 4.91. The summed E-state index contributed by atoms with van der Waals surface area (Å²) in [6.45, 7) is 3.65. The summed E-state index contributed by atoms with van der Waals surface area (Å²) >= 11 is 0. The Morgan fingerprint density at radius 3 is 2.33 bits per heavy atom. The van der Waals surface area contributed by atoms with Crippen LogP contribution in [0.4, 0.5) is 8.78 Å². The molecule has 0 aliphatic heterocycles. The van der Waals surface area contributed by atoms with E-state index in [0.717, 1.165) is 6.42 Å². The van der Waals surface area contributed by atoms with Gasteiger partial charge in [-0.05, 0) is 18.8 Å². The third kappa shape index (κ3) is 1.76. The molecule has 1 aliphatic carbocycles. The van der Waals surface area contributed by atoms with E-state index in [9.17, 15) is 8.78 Å². The van der Waals surface area contributed by atoms with E-state index in [1.165, 1.54) is 0 Å². The summed E-state index contributed by atoms with van der Waals surface area (Å²) in [7, 11) is 0. The van der Waals surface area contributed by atoms with Crippen LogP contribution in [0.25, 0.3) is 0 Å². The van der Waals surface area contributed by atoms with Gasteiger partial charge in [0.05, 0.1) is 0 Å². The maximum absolute atomic E-state index is 13.3. The molecular weight excluding hydrogens is 160 g/mol. The Labute approximate surface area is 72.3 Å². The first kappa shape index (κ1) is 9.90. The van der Waals surface area contributed by atoms with Crippen LogP contribution in [0.3, 0.4) is 0 Å². The molecule has 1 fully saturated rings. The molecule has 0 radical (unpaired) electrons. The maximum atomic E-state index is 13.3. The Balaban J connectivity index is 2.74. The molecule has 1 rings (SSSR count). The third-order valence-corrected chi connectivity index (χ3v) is 2.71. The maximum Gasteiger partial charge on any atom is 0.252 e. The summed E-state index contributed by atoms with van der Waals surface area (Å²) in [5.74, 6) is -3.17. The van der Waals surface area contributed by atoms with Gasteiger partial charge in [0.15, 0.2) is 0 Å². The summed E-state index contributed by atoms with van der Waals surface area (Å²) < 4.78 is 26.6. The van der Waals surface area contributed by atoms with Crippen molar-refractivity contribution in [1.29, 1.82) is 0 Å². The molecule has 1 nitrogen and oxygen atoms in total. The average molecular weight is 177 g/mol. The van der Waals surface area contributed by atoms with Crippen molar-refractivity contribution in [3.05, 3.63) is 0 Å². The molecule has 12 heavy (non-hydrogen) atoms. The summed E-state index contributed by atoms with van der Waals surface area (Å²) in [6, 6.07) is -0.311. The lowest BCUT2D eigenvalue weighted by Gasteiger charge is -2.38. The van der Waals surface area contributed by atoms with E-state index in [0.29, 0.717) is 6.42 Å². The lowest BCUT2D eigenvalue weighted by atomic mass is 9.75. The van der Waals surface area contributed by atoms with E-state index in [2.05, 4.69) is 0 Å². The fourth-order valence-electron chi connectivity index (χ4n) is 2.21. The Hall–Kier alpha value is -0.180. The molecule has 0 aromatic carbocycles. The molecule has 1 saturated carbocycles. The molecular formula is C9H17F2N. The molecule has 1 aliphatic rings. The molecule has 3 heteroatoms. The van der Waals surface area contributed by atoms with Gasteiger partial charge in [0.25, 0.3) is 5.92 Å². The van der Waals surface area contributed by atoms with Crippen molar-refractivity contribution in [2.45, 2.75) is 45.1 Å². The van der Waals surface area contributed by atoms with E-state index in [4.69, 9.17) is 5.73 Å². The highest BCUT2D eigenvalue weighted by Crippen LogP contribution is 2.41. The van der Waals surface area contributed by atoms with Crippen LogP contribution in [0.2, 0.25) is 0 Å². The Morgan fingerprint density at radius 1 is 1.42 bits per heavy atom. The van der Waals surface area contributed by atoms with Crippen molar-refractivity contribution in [2.24, 2.45) is 17.6 Å². The highest BCUT2D eigenvalue weighted by atomic mass is 19.3. The van der Waals surface area contributed by atoms with Crippen molar-refractivity contribution in [3.8, 4) is 0 Å². The molecule has 0 amide bonds. The molecule has 0 bridgehead atoms. The second-order valence-electron chi connectivity index (χ2n) is 4.09. The van der Waals surface area contributed by atoms with Crippen molar-refractivity contribution >= 4 is 0 Å². The van der Waals surface area contributed by atoms with Gasteiger partial charge in [0, 0.05) is 18.4 Å². The van der Waals surface area contributed by atoms with Crippen molar-refractivity contribution in [2.75, 3.05) is 0 Å². The minimum Gasteiger partial charge on any atom is -0.327 e. The molecule has 0 unspecified atom stereocenters. The zero-order chi connectivity index (χ0) is 9.35. The summed E-state index contributed by atoms with van der Waals surface area (Å²) in [6.07, 6.45) is 1.33. The van der Waals surface area contributed by atoms with Gasteiger partial charge in [0.1, 0.15) is 0 Å². The Morgan fingerprint density at radius 2 is 2.00 bits per heavy atom. The first-order chi connectivity index (χ1) is 5.45. The molecule has 0 aromatic rings. The smallest absolute Gasteiger partial charge is 0.252 e. The predicted molar refractivity (Wildman–Crippen MR) is 45.1 cm³/mol. The Kier molecular flexibility index (Phi) is 2.71. The standard InChI is InChI=1S/C9H17F2N/c1-6(2)8-7(12)4-3-5-9(8,10)11/h6-8H,3-5,12H2,1-2H3/t7-,8+/m0/s1. The fraction of sp³-hybridized carbons (Fsp3) is 1.00. The monoisotopic (exact) mass is 177 g/mol. The SMILES string of the molecule is CC(C)[C@@H]1[C@@H](N)CCCC1(F)F. The first-order valence-corrected chi connectivity index (χ1v) is 4.58. The van der Waals surface area contributed by atoms with Crippen LogP contribution in [0, 0.1) is 11.8 Å². The van der Waals surface area contributed by atoms with Crippen LogP contribution < -0.4 is 5.73 Å². The van der Waals surface area contributed by atoms with E-state index < -0.39 is 11.8 Å². The minimum atomic E-state index is -2.54. The van der Waals surface area contributed by atoms with Crippen LogP contribution in [0.5, 0.6) is 0 Å². The summed E-state index contributed by atoms with van der Waals surface area (Å²) in [5.41, 5.74) is 5.68. The van der Waals surface area contributed by atoms with E-state index in [1.54, 1.807) is 0 Å². The normalized spacial score (nSPS) is 35.5. The van der Waals surface area contributed by atoms with Gasteiger partial charge in [-0.1, -0.05) is 13.8 Å². The number of halogens is 2. The largest absolute Gasteiger partial charge is 0.327 e. The van der Waals surface area contributed by atoms with Crippen LogP contribution in [-0.2, 0) is 0 Å². The molecule has 0 saturated heterocycles. The second-order valence-corrected chi connectivity index (χ2v) is 4.09. The summed E-state index contributed by atoms with van der Waals surface area (Å²) in [5, 5.41) is 0. The highest BCUT2D eigenvalue weighted by Gasteiger charge is 2.46. The van der Waals surface area contributed by atoms with Gasteiger partial charge >= 0.3 is 0 Å². The third-order valence-electron chi connectivity index (χ3n) is 2.71.